The molecule has 1 unspecified atom stereocenters. The molecule has 1 rings (SSSR count). The van der Waals surface area contributed by atoms with Crippen LogP contribution in [0.15, 0.2) is 18.2 Å². The molecule has 0 amide bonds. The van der Waals surface area contributed by atoms with Crippen molar-refractivity contribution in [3.63, 3.8) is 0 Å². The molecular weight excluding hydrogens is 233 g/mol. The van der Waals surface area contributed by atoms with Crippen LogP contribution in [0.2, 0.25) is 0 Å². The van der Waals surface area contributed by atoms with E-state index in [1.807, 2.05) is 6.92 Å². The average Bonchev–Trinajstić information content (AvgIpc) is 2.39. The molecule has 0 saturated heterocycles. The molecule has 102 valence electrons. The summed E-state index contributed by atoms with van der Waals surface area (Å²) in [6, 6.07) is 5.15. The second kappa shape index (κ2) is 8.06. The van der Waals surface area contributed by atoms with Crippen LogP contribution in [0.3, 0.4) is 0 Å². The zero-order valence-corrected chi connectivity index (χ0v) is 11.1. The van der Waals surface area contributed by atoms with Gasteiger partial charge >= 0.3 is 0 Å². The van der Waals surface area contributed by atoms with Gasteiger partial charge in [0.05, 0.1) is 7.11 Å². The van der Waals surface area contributed by atoms with Gasteiger partial charge in [0.1, 0.15) is 0 Å². The van der Waals surface area contributed by atoms with E-state index in [9.17, 15) is 4.39 Å². The summed E-state index contributed by atoms with van der Waals surface area (Å²) in [5.41, 5.74) is 0.615. The largest absolute Gasteiger partial charge is 0.494 e. The lowest BCUT2D eigenvalue weighted by atomic mass is 10.1. The molecule has 0 aliphatic heterocycles. The van der Waals surface area contributed by atoms with Crippen LogP contribution in [0, 0.1) is 11.7 Å². The second-order valence-electron chi connectivity index (χ2n) is 4.54. The monoisotopic (exact) mass is 255 g/mol. The maximum atomic E-state index is 13.8. The van der Waals surface area contributed by atoms with Crippen LogP contribution < -0.4 is 10.1 Å². The van der Waals surface area contributed by atoms with Crippen LogP contribution in [-0.4, -0.2) is 25.4 Å². The average molecular weight is 255 g/mol. The fourth-order valence-electron chi connectivity index (χ4n) is 1.74. The lowest BCUT2D eigenvalue weighted by molar-refractivity contribution is 0.228. The highest BCUT2D eigenvalue weighted by molar-refractivity contribution is 5.30. The topological polar surface area (TPSA) is 41.5 Å². The molecule has 0 aliphatic rings. The Hall–Kier alpha value is -1.13. The molecule has 0 spiro atoms. The van der Waals surface area contributed by atoms with Crippen LogP contribution in [0.1, 0.15) is 25.3 Å². The van der Waals surface area contributed by atoms with E-state index in [4.69, 9.17) is 9.84 Å². The van der Waals surface area contributed by atoms with Crippen molar-refractivity contribution in [3.8, 4) is 5.75 Å². The zero-order valence-electron chi connectivity index (χ0n) is 11.1. The second-order valence-corrected chi connectivity index (χ2v) is 4.54. The standard InChI is InChI=1S/C14H22FNO2/c1-11(10-17)5-4-8-16-9-12-6-3-7-13(18-2)14(12)15/h3,6-7,11,16-17H,4-5,8-10H2,1-2H3. The Morgan fingerprint density at radius 2 is 2.22 bits per heavy atom. The van der Waals surface area contributed by atoms with Crippen LogP contribution in [-0.2, 0) is 6.54 Å². The minimum Gasteiger partial charge on any atom is -0.494 e. The van der Waals surface area contributed by atoms with Crippen LogP contribution in [0.25, 0.3) is 0 Å². The molecule has 1 aromatic carbocycles. The highest BCUT2D eigenvalue weighted by atomic mass is 19.1. The summed E-state index contributed by atoms with van der Waals surface area (Å²) in [6.45, 7) is 3.56. The van der Waals surface area contributed by atoms with E-state index in [1.165, 1.54) is 7.11 Å². The molecule has 0 aromatic heterocycles. The molecular formula is C14H22FNO2. The third-order valence-corrected chi connectivity index (χ3v) is 2.94. The van der Waals surface area contributed by atoms with Gasteiger partial charge in [-0.25, -0.2) is 4.39 Å². The first-order chi connectivity index (χ1) is 8.69. The maximum Gasteiger partial charge on any atom is 0.169 e. The highest BCUT2D eigenvalue weighted by Crippen LogP contribution is 2.19. The van der Waals surface area contributed by atoms with Crippen molar-refractivity contribution in [2.24, 2.45) is 5.92 Å². The summed E-state index contributed by atoms with van der Waals surface area (Å²) in [6.07, 6.45) is 1.96. The Kier molecular flexibility index (Phi) is 6.68. The van der Waals surface area contributed by atoms with Gasteiger partial charge in [-0.1, -0.05) is 19.1 Å². The van der Waals surface area contributed by atoms with Crippen molar-refractivity contribution in [2.45, 2.75) is 26.3 Å². The number of aliphatic hydroxyl groups excluding tert-OH is 1. The lowest BCUT2D eigenvalue weighted by Crippen LogP contribution is -2.17. The van der Waals surface area contributed by atoms with Gasteiger partial charge in [-0.15, -0.1) is 0 Å². The van der Waals surface area contributed by atoms with Gasteiger partial charge in [0.25, 0.3) is 0 Å². The Labute approximate surface area is 108 Å². The summed E-state index contributed by atoms with van der Waals surface area (Å²) < 4.78 is 18.7. The Morgan fingerprint density at radius 1 is 1.44 bits per heavy atom. The van der Waals surface area contributed by atoms with E-state index in [2.05, 4.69) is 5.32 Å². The summed E-state index contributed by atoms with van der Waals surface area (Å²) >= 11 is 0. The van der Waals surface area contributed by atoms with Crippen molar-refractivity contribution in [3.05, 3.63) is 29.6 Å². The van der Waals surface area contributed by atoms with Gasteiger partial charge in [0.2, 0.25) is 0 Å². The summed E-state index contributed by atoms with van der Waals surface area (Å²) in [4.78, 5) is 0. The van der Waals surface area contributed by atoms with Crippen LogP contribution >= 0.6 is 0 Å². The molecule has 18 heavy (non-hydrogen) atoms. The summed E-state index contributed by atoms with van der Waals surface area (Å²) in [7, 11) is 1.46. The van der Waals surface area contributed by atoms with E-state index in [1.54, 1.807) is 18.2 Å². The fraction of sp³-hybridized carbons (Fsp3) is 0.571. The SMILES string of the molecule is COc1cccc(CNCCCC(C)CO)c1F. The van der Waals surface area contributed by atoms with Crippen molar-refractivity contribution >= 4 is 0 Å². The highest BCUT2D eigenvalue weighted by Gasteiger charge is 2.07. The smallest absolute Gasteiger partial charge is 0.169 e. The van der Waals surface area contributed by atoms with Crippen LogP contribution in [0.4, 0.5) is 4.39 Å². The fourth-order valence-corrected chi connectivity index (χ4v) is 1.74. The minimum absolute atomic E-state index is 0.227. The van der Waals surface area contributed by atoms with Gasteiger partial charge in [-0.05, 0) is 31.4 Å². The Morgan fingerprint density at radius 3 is 2.89 bits per heavy atom. The third kappa shape index (κ3) is 4.63. The minimum atomic E-state index is -0.295. The molecule has 0 radical (unpaired) electrons. The first-order valence-electron chi connectivity index (χ1n) is 6.32. The molecule has 2 N–H and O–H groups in total. The number of halogens is 1. The van der Waals surface area contributed by atoms with Crippen molar-refractivity contribution in [2.75, 3.05) is 20.3 Å². The predicted molar refractivity (Wildman–Crippen MR) is 70.1 cm³/mol. The molecule has 0 fully saturated rings. The van der Waals surface area contributed by atoms with Crippen LogP contribution in [0.5, 0.6) is 5.75 Å². The van der Waals surface area contributed by atoms with E-state index >= 15 is 0 Å². The van der Waals surface area contributed by atoms with Gasteiger partial charge in [0, 0.05) is 18.7 Å². The lowest BCUT2D eigenvalue weighted by Gasteiger charge is -2.10. The Bertz CT molecular complexity index is 358. The van der Waals surface area contributed by atoms with E-state index in [-0.39, 0.29) is 18.2 Å². The summed E-state index contributed by atoms with van der Waals surface area (Å²) in [5.74, 6) is 0.319. The number of hydrogen-bond acceptors (Lipinski definition) is 3. The molecule has 3 nitrogen and oxygen atoms in total. The van der Waals surface area contributed by atoms with Gasteiger partial charge in [-0.2, -0.15) is 0 Å². The third-order valence-electron chi connectivity index (χ3n) is 2.94. The summed E-state index contributed by atoms with van der Waals surface area (Å²) in [5, 5.41) is 12.1. The molecule has 0 saturated carbocycles. The quantitative estimate of drug-likeness (QED) is 0.701. The number of rotatable bonds is 8. The molecule has 0 aliphatic carbocycles. The van der Waals surface area contributed by atoms with Crippen molar-refractivity contribution in [1.29, 1.82) is 0 Å². The van der Waals surface area contributed by atoms with Gasteiger partial charge in [0.15, 0.2) is 11.6 Å². The first kappa shape index (κ1) is 14.9. The van der Waals surface area contributed by atoms with E-state index in [0.717, 1.165) is 19.4 Å². The predicted octanol–water partition coefficient (Wildman–Crippen LogP) is 2.33. The molecule has 0 heterocycles. The molecule has 4 heteroatoms. The number of benzene rings is 1. The molecule has 1 aromatic rings. The number of hydrogen-bond donors (Lipinski definition) is 2. The zero-order chi connectivity index (χ0) is 13.4. The maximum absolute atomic E-state index is 13.8. The first-order valence-corrected chi connectivity index (χ1v) is 6.32. The normalized spacial score (nSPS) is 12.4. The van der Waals surface area contributed by atoms with Crippen molar-refractivity contribution < 1.29 is 14.2 Å². The number of methoxy groups -OCH3 is 1. The molecule has 1 atom stereocenters. The Balaban J connectivity index is 2.31. The molecule has 0 bridgehead atoms. The van der Waals surface area contributed by atoms with Gasteiger partial charge in [-0.3, -0.25) is 0 Å². The number of ether oxygens (including phenoxy) is 1. The van der Waals surface area contributed by atoms with E-state index < -0.39 is 0 Å². The number of nitrogens with one attached hydrogen (secondary N) is 1. The number of aliphatic hydroxyl groups is 1. The van der Waals surface area contributed by atoms with Gasteiger partial charge < -0.3 is 15.2 Å². The van der Waals surface area contributed by atoms with Crippen molar-refractivity contribution in [1.82, 2.24) is 5.32 Å². The van der Waals surface area contributed by atoms with E-state index in [0.29, 0.717) is 18.0 Å².